The molecule has 0 atom stereocenters. The van der Waals surface area contributed by atoms with Crippen molar-refractivity contribution in [3.8, 4) is 0 Å². The minimum Gasteiger partial charge on any atom is -0.385 e. The number of hydrogen-bond donors (Lipinski definition) is 2. The van der Waals surface area contributed by atoms with Gasteiger partial charge in [-0.1, -0.05) is 0 Å². The van der Waals surface area contributed by atoms with Gasteiger partial charge in [0.05, 0.1) is 5.60 Å². The van der Waals surface area contributed by atoms with Gasteiger partial charge in [0.1, 0.15) is 0 Å². The predicted molar refractivity (Wildman–Crippen MR) is 62.4 cm³/mol. The van der Waals surface area contributed by atoms with E-state index in [1.54, 1.807) is 11.3 Å². The monoisotopic (exact) mass is 275 g/mol. The normalized spacial score (nSPS) is 33.2. The fraction of sp³-hybridized carbons (Fsp3) is 0.600. The number of aliphatic hydroxyl groups is 1. The van der Waals surface area contributed by atoms with Crippen LogP contribution in [0, 0.1) is 0 Å². The Kier molecular flexibility index (Phi) is 2.98. The van der Waals surface area contributed by atoms with Crippen molar-refractivity contribution in [3.63, 3.8) is 0 Å². The van der Waals surface area contributed by atoms with Gasteiger partial charge in [-0.3, -0.25) is 0 Å². The van der Waals surface area contributed by atoms with Crippen LogP contribution in [0.5, 0.6) is 0 Å². The van der Waals surface area contributed by atoms with E-state index in [1.807, 2.05) is 10.8 Å². The molecule has 14 heavy (non-hydrogen) atoms. The average Bonchev–Trinajstić information content (AvgIpc) is 2.58. The molecule has 4 heteroatoms. The van der Waals surface area contributed by atoms with Crippen molar-refractivity contribution < 1.29 is 5.11 Å². The van der Waals surface area contributed by atoms with E-state index in [0.717, 1.165) is 35.7 Å². The lowest BCUT2D eigenvalue weighted by Crippen LogP contribution is -2.36. The highest BCUT2D eigenvalue weighted by Gasteiger charge is 2.35. The predicted octanol–water partition coefficient (Wildman–Crippen LogP) is 2.60. The number of halogens is 1. The Morgan fingerprint density at radius 3 is 2.57 bits per heavy atom. The summed E-state index contributed by atoms with van der Waals surface area (Å²) >= 11 is 5.09. The largest absolute Gasteiger partial charge is 0.385 e. The van der Waals surface area contributed by atoms with Crippen molar-refractivity contribution in [2.24, 2.45) is 5.73 Å². The molecule has 1 fully saturated rings. The van der Waals surface area contributed by atoms with Crippen LogP contribution in [0.25, 0.3) is 0 Å². The Morgan fingerprint density at radius 2 is 2.07 bits per heavy atom. The molecule has 0 unspecified atom stereocenters. The second kappa shape index (κ2) is 3.93. The van der Waals surface area contributed by atoms with Gasteiger partial charge in [0.15, 0.2) is 0 Å². The van der Waals surface area contributed by atoms with E-state index in [4.69, 9.17) is 5.73 Å². The molecule has 1 aromatic rings. The summed E-state index contributed by atoms with van der Waals surface area (Å²) in [4.78, 5) is 0. The van der Waals surface area contributed by atoms with E-state index in [2.05, 4.69) is 15.9 Å². The SMILES string of the molecule is NC1CCC(O)(c2cscc2Br)CC1. The third-order valence-electron chi connectivity index (χ3n) is 2.97. The van der Waals surface area contributed by atoms with Crippen LogP contribution >= 0.6 is 27.3 Å². The van der Waals surface area contributed by atoms with Crippen molar-refractivity contribution in [1.29, 1.82) is 0 Å². The molecule has 0 bridgehead atoms. The summed E-state index contributed by atoms with van der Waals surface area (Å²) < 4.78 is 1.03. The fourth-order valence-corrected chi connectivity index (χ4v) is 3.76. The summed E-state index contributed by atoms with van der Waals surface area (Å²) in [5.74, 6) is 0. The summed E-state index contributed by atoms with van der Waals surface area (Å²) in [6.07, 6.45) is 3.39. The van der Waals surface area contributed by atoms with E-state index in [9.17, 15) is 5.11 Å². The first-order chi connectivity index (χ1) is 6.62. The molecule has 1 aliphatic carbocycles. The molecule has 0 aliphatic heterocycles. The second-order valence-corrected chi connectivity index (χ2v) is 5.60. The molecular weight excluding hydrogens is 262 g/mol. The van der Waals surface area contributed by atoms with Crippen LogP contribution in [0.2, 0.25) is 0 Å². The van der Waals surface area contributed by atoms with E-state index in [0.29, 0.717) is 0 Å². The highest BCUT2D eigenvalue weighted by molar-refractivity contribution is 9.10. The minimum atomic E-state index is -0.644. The lowest BCUT2D eigenvalue weighted by molar-refractivity contribution is -0.00519. The van der Waals surface area contributed by atoms with Gasteiger partial charge in [0.2, 0.25) is 0 Å². The summed E-state index contributed by atoms with van der Waals surface area (Å²) in [6.45, 7) is 0. The Hall–Kier alpha value is 0.100. The van der Waals surface area contributed by atoms with Gasteiger partial charge in [-0.2, -0.15) is 11.3 Å². The quantitative estimate of drug-likeness (QED) is 0.828. The second-order valence-electron chi connectivity index (χ2n) is 4.00. The zero-order valence-corrected chi connectivity index (χ0v) is 10.3. The van der Waals surface area contributed by atoms with Crippen molar-refractivity contribution in [1.82, 2.24) is 0 Å². The van der Waals surface area contributed by atoms with E-state index >= 15 is 0 Å². The smallest absolute Gasteiger partial charge is 0.0916 e. The summed E-state index contributed by atoms with van der Waals surface area (Å²) in [5, 5.41) is 14.5. The van der Waals surface area contributed by atoms with Crippen LogP contribution in [0.15, 0.2) is 15.2 Å². The van der Waals surface area contributed by atoms with Gasteiger partial charge in [-0.05, 0) is 47.0 Å². The number of hydrogen-bond acceptors (Lipinski definition) is 3. The topological polar surface area (TPSA) is 46.2 Å². The molecule has 1 saturated carbocycles. The summed E-state index contributed by atoms with van der Waals surface area (Å²) in [5.41, 5.74) is 6.22. The molecule has 0 aromatic carbocycles. The first-order valence-corrected chi connectivity index (χ1v) is 6.55. The lowest BCUT2D eigenvalue weighted by Gasteiger charge is -2.34. The number of thiophene rings is 1. The highest BCUT2D eigenvalue weighted by atomic mass is 79.9. The Morgan fingerprint density at radius 1 is 1.43 bits per heavy atom. The lowest BCUT2D eigenvalue weighted by atomic mass is 9.79. The van der Waals surface area contributed by atoms with Gasteiger partial charge in [-0.25, -0.2) is 0 Å². The molecule has 78 valence electrons. The van der Waals surface area contributed by atoms with E-state index in [-0.39, 0.29) is 6.04 Å². The molecule has 1 aromatic heterocycles. The van der Waals surface area contributed by atoms with Gasteiger partial charge in [0, 0.05) is 21.5 Å². The molecule has 1 heterocycles. The van der Waals surface area contributed by atoms with Crippen LogP contribution in [0.1, 0.15) is 31.2 Å². The molecule has 2 nitrogen and oxygen atoms in total. The van der Waals surface area contributed by atoms with Crippen LogP contribution in [-0.2, 0) is 5.60 Å². The maximum absolute atomic E-state index is 10.5. The first kappa shape index (κ1) is 10.6. The maximum Gasteiger partial charge on any atom is 0.0916 e. The first-order valence-electron chi connectivity index (χ1n) is 4.82. The molecule has 0 amide bonds. The zero-order valence-electron chi connectivity index (χ0n) is 7.87. The van der Waals surface area contributed by atoms with Crippen LogP contribution in [-0.4, -0.2) is 11.1 Å². The third-order valence-corrected chi connectivity index (χ3v) is 4.68. The highest BCUT2D eigenvalue weighted by Crippen LogP contribution is 2.41. The molecule has 1 aliphatic rings. The Balaban J connectivity index is 2.21. The van der Waals surface area contributed by atoms with Crippen LogP contribution in [0.3, 0.4) is 0 Å². The van der Waals surface area contributed by atoms with Crippen molar-refractivity contribution in [2.75, 3.05) is 0 Å². The molecular formula is C10H14BrNOS. The number of nitrogens with two attached hydrogens (primary N) is 1. The fourth-order valence-electron chi connectivity index (χ4n) is 2.00. The maximum atomic E-state index is 10.5. The van der Waals surface area contributed by atoms with Crippen molar-refractivity contribution >= 4 is 27.3 Å². The minimum absolute atomic E-state index is 0.271. The number of rotatable bonds is 1. The average molecular weight is 276 g/mol. The van der Waals surface area contributed by atoms with Gasteiger partial charge >= 0.3 is 0 Å². The van der Waals surface area contributed by atoms with Crippen LogP contribution < -0.4 is 5.73 Å². The molecule has 0 spiro atoms. The Labute approximate surface area is 96.3 Å². The summed E-state index contributed by atoms with van der Waals surface area (Å²) in [6, 6.07) is 0.271. The molecule has 0 radical (unpaired) electrons. The molecule has 2 rings (SSSR count). The zero-order chi connectivity index (χ0) is 10.2. The van der Waals surface area contributed by atoms with E-state index in [1.165, 1.54) is 0 Å². The summed E-state index contributed by atoms with van der Waals surface area (Å²) in [7, 11) is 0. The molecule has 3 N–H and O–H groups in total. The van der Waals surface area contributed by atoms with Gasteiger partial charge < -0.3 is 10.8 Å². The van der Waals surface area contributed by atoms with Crippen molar-refractivity contribution in [2.45, 2.75) is 37.3 Å². The van der Waals surface area contributed by atoms with Crippen LogP contribution in [0.4, 0.5) is 0 Å². The Bertz CT molecular complexity index is 318. The van der Waals surface area contributed by atoms with Gasteiger partial charge in [0.25, 0.3) is 0 Å². The third kappa shape index (κ3) is 1.89. The van der Waals surface area contributed by atoms with E-state index < -0.39 is 5.60 Å². The van der Waals surface area contributed by atoms with Crippen molar-refractivity contribution in [3.05, 3.63) is 20.8 Å². The molecule has 0 saturated heterocycles. The van der Waals surface area contributed by atoms with Gasteiger partial charge in [-0.15, -0.1) is 0 Å². The standard InChI is InChI=1S/C10H14BrNOS/c11-9-6-14-5-8(9)10(13)3-1-7(12)2-4-10/h5-7,13H,1-4,12H2.